The fourth-order valence-corrected chi connectivity index (χ4v) is 5.20. The molecule has 196 valence electrons. The third kappa shape index (κ3) is 19.5. The SMILES string of the molecule is CCCCCC/C=C\CCCCCCC/C=C\CCCCCC(O)(C[N+](C)(C)C)P(=O)(O)O. The number of aliphatic hydroxyl groups is 1. The van der Waals surface area contributed by atoms with Gasteiger partial charge in [-0.3, -0.25) is 4.57 Å². The molecule has 6 heteroatoms. The van der Waals surface area contributed by atoms with E-state index in [4.69, 9.17) is 0 Å². The lowest BCUT2D eigenvalue weighted by Gasteiger charge is -2.35. The zero-order valence-corrected chi connectivity index (χ0v) is 23.1. The lowest BCUT2D eigenvalue weighted by atomic mass is 10.1. The minimum atomic E-state index is -4.56. The van der Waals surface area contributed by atoms with Gasteiger partial charge in [-0.2, -0.15) is 0 Å². The lowest BCUT2D eigenvalue weighted by Crippen LogP contribution is -2.49. The summed E-state index contributed by atoms with van der Waals surface area (Å²) in [5, 5.41) is 8.61. The molecule has 0 radical (unpaired) electrons. The first-order valence-electron chi connectivity index (χ1n) is 13.4. The van der Waals surface area contributed by atoms with Gasteiger partial charge in [-0.15, -0.1) is 0 Å². The second-order valence-electron chi connectivity index (χ2n) is 10.7. The molecule has 0 aromatic heterocycles. The molecule has 0 aliphatic rings. The zero-order chi connectivity index (χ0) is 25.1. The molecule has 5 nitrogen and oxygen atoms in total. The van der Waals surface area contributed by atoms with E-state index in [2.05, 4.69) is 31.2 Å². The number of rotatable bonds is 22. The maximum atomic E-state index is 11.8. The van der Waals surface area contributed by atoms with Crippen molar-refractivity contribution in [2.45, 2.75) is 121 Å². The van der Waals surface area contributed by atoms with E-state index in [0.29, 0.717) is 10.9 Å². The van der Waals surface area contributed by atoms with Crippen LogP contribution in [0.5, 0.6) is 0 Å². The summed E-state index contributed by atoms with van der Waals surface area (Å²) in [7, 11) is 0.944. The molecule has 0 rings (SSSR count). The van der Waals surface area contributed by atoms with E-state index >= 15 is 0 Å². The number of allylic oxidation sites excluding steroid dienone is 4. The zero-order valence-electron chi connectivity index (χ0n) is 22.2. The van der Waals surface area contributed by atoms with E-state index in [1.165, 1.54) is 70.6 Å². The molecule has 33 heavy (non-hydrogen) atoms. The molecule has 1 unspecified atom stereocenters. The van der Waals surface area contributed by atoms with Crippen molar-refractivity contribution in [3.8, 4) is 0 Å². The van der Waals surface area contributed by atoms with Crippen molar-refractivity contribution in [3.05, 3.63) is 24.3 Å². The van der Waals surface area contributed by atoms with Gasteiger partial charge in [0, 0.05) is 0 Å². The molecule has 1 atom stereocenters. The van der Waals surface area contributed by atoms with Gasteiger partial charge in [0.05, 0.1) is 21.1 Å². The van der Waals surface area contributed by atoms with Crippen molar-refractivity contribution >= 4 is 7.60 Å². The minimum Gasteiger partial charge on any atom is -0.373 e. The van der Waals surface area contributed by atoms with Crippen LogP contribution in [0.4, 0.5) is 0 Å². The van der Waals surface area contributed by atoms with Gasteiger partial charge in [-0.1, -0.05) is 76.2 Å². The number of quaternary nitrogens is 1. The number of unbranched alkanes of at least 4 members (excludes halogenated alkanes) is 13. The Labute approximate surface area is 205 Å². The van der Waals surface area contributed by atoms with Crippen molar-refractivity contribution in [2.75, 3.05) is 27.7 Å². The summed E-state index contributed by atoms with van der Waals surface area (Å²) in [6.07, 6.45) is 28.4. The Bertz CT molecular complexity index is 565. The average molecular weight is 489 g/mol. The van der Waals surface area contributed by atoms with Crippen LogP contribution >= 0.6 is 7.60 Å². The van der Waals surface area contributed by atoms with Gasteiger partial charge in [0.1, 0.15) is 6.54 Å². The monoisotopic (exact) mass is 488 g/mol. The molecule has 0 saturated carbocycles. The summed E-state index contributed by atoms with van der Waals surface area (Å²) < 4.78 is 12.1. The minimum absolute atomic E-state index is 0.0486. The summed E-state index contributed by atoms with van der Waals surface area (Å²) in [6.45, 7) is 2.30. The first-order chi connectivity index (χ1) is 15.5. The molecule has 0 bridgehead atoms. The predicted octanol–water partition coefficient (Wildman–Crippen LogP) is 7.32. The van der Waals surface area contributed by atoms with Crippen LogP contribution in [-0.4, -0.2) is 52.4 Å². The van der Waals surface area contributed by atoms with Gasteiger partial charge in [0.25, 0.3) is 0 Å². The van der Waals surface area contributed by atoms with Gasteiger partial charge in [0.15, 0.2) is 0 Å². The number of hydrogen-bond acceptors (Lipinski definition) is 2. The molecule has 0 spiro atoms. The second kappa shape index (κ2) is 18.8. The van der Waals surface area contributed by atoms with E-state index in [-0.39, 0.29) is 13.0 Å². The predicted molar refractivity (Wildman–Crippen MR) is 142 cm³/mol. The maximum Gasteiger partial charge on any atom is 0.362 e. The van der Waals surface area contributed by atoms with Gasteiger partial charge in [0.2, 0.25) is 5.34 Å². The standard InChI is InChI=1S/C27H54NO4P/c1-5-6-7-8-9-10-11-12-13-14-15-16-17-18-19-20-21-22-23-24-25-27(29,33(30,31)32)26-28(2,3)4/h10-11,19-20,29H,5-9,12-18,21-26H2,1-4H3,(H-,30,31,32)/p+1/b11-10-,20-19-. The van der Waals surface area contributed by atoms with E-state index in [0.717, 1.165) is 25.7 Å². The summed E-state index contributed by atoms with van der Waals surface area (Å²) >= 11 is 0. The van der Waals surface area contributed by atoms with Gasteiger partial charge >= 0.3 is 7.60 Å². The van der Waals surface area contributed by atoms with Gasteiger partial charge in [-0.05, 0) is 64.2 Å². The van der Waals surface area contributed by atoms with Crippen LogP contribution in [0.3, 0.4) is 0 Å². The Morgan fingerprint density at radius 2 is 1.03 bits per heavy atom. The quantitative estimate of drug-likeness (QED) is 0.0645. The third-order valence-electron chi connectivity index (χ3n) is 6.02. The van der Waals surface area contributed by atoms with Crippen LogP contribution in [0.15, 0.2) is 24.3 Å². The number of likely N-dealkylation sites (N-methyl/N-ethyl adjacent to an activating group) is 1. The van der Waals surface area contributed by atoms with Crippen molar-refractivity contribution in [1.82, 2.24) is 0 Å². The van der Waals surface area contributed by atoms with E-state index in [1.54, 1.807) is 0 Å². The van der Waals surface area contributed by atoms with Gasteiger partial charge in [-0.25, -0.2) is 0 Å². The summed E-state index contributed by atoms with van der Waals surface area (Å²) in [4.78, 5) is 19.2. The first-order valence-corrected chi connectivity index (χ1v) is 15.0. The third-order valence-corrected chi connectivity index (χ3v) is 7.47. The smallest absolute Gasteiger partial charge is 0.362 e. The highest BCUT2D eigenvalue weighted by atomic mass is 31.2. The van der Waals surface area contributed by atoms with Crippen molar-refractivity contribution < 1.29 is 23.9 Å². The molecule has 0 aromatic carbocycles. The van der Waals surface area contributed by atoms with Crippen LogP contribution in [-0.2, 0) is 4.57 Å². The topological polar surface area (TPSA) is 77.8 Å². The Kier molecular flexibility index (Phi) is 18.6. The molecule has 0 heterocycles. The summed E-state index contributed by atoms with van der Waals surface area (Å²) in [6, 6.07) is 0. The maximum absolute atomic E-state index is 11.8. The van der Waals surface area contributed by atoms with Crippen LogP contribution in [0.25, 0.3) is 0 Å². The first kappa shape index (κ1) is 32.5. The largest absolute Gasteiger partial charge is 0.373 e. The molecular weight excluding hydrogens is 433 g/mol. The molecule has 3 N–H and O–H groups in total. The average Bonchev–Trinajstić information content (AvgIpc) is 2.70. The molecule has 0 saturated heterocycles. The van der Waals surface area contributed by atoms with Crippen LogP contribution in [0.1, 0.15) is 116 Å². The molecule has 0 aliphatic carbocycles. The number of hydrogen-bond donors (Lipinski definition) is 3. The highest BCUT2D eigenvalue weighted by molar-refractivity contribution is 7.53. The molecule has 0 amide bonds. The van der Waals surface area contributed by atoms with Crippen molar-refractivity contribution in [2.24, 2.45) is 0 Å². The van der Waals surface area contributed by atoms with E-state index < -0.39 is 12.9 Å². The highest BCUT2D eigenvalue weighted by Crippen LogP contribution is 2.52. The van der Waals surface area contributed by atoms with Crippen molar-refractivity contribution in [3.63, 3.8) is 0 Å². The van der Waals surface area contributed by atoms with Crippen LogP contribution in [0, 0.1) is 0 Å². The van der Waals surface area contributed by atoms with Crippen LogP contribution < -0.4 is 0 Å². The Morgan fingerprint density at radius 3 is 1.39 bits per heavy atom. The summed E-state index contributed by atoms with van der Waals surface area (Å²) in [5.41, 5.74) is 0. The normalized spacial score (nSPS) is 15.0. The lowest BCUT2D eigenvalue weighted by molar-refractivity contribution is -0.875. The fraction of sp³-hybridized carbons (Fsp3) is 0.852. The molecule has 0 aromatic rings. The molecule has 0 aliphatic heterocycles. The van der Waals surface area contributed by atoms with Gasteiger partial charge < -0.3 is 19.4 Å². The Hall–Kier alpha value is -0.450. The Morgan fingerprint density at radius 1 is 0.667 bits per heavy atom. The molecular formula is C27H55NO4P+. The summed E-state index contributed by atoms with van der Waals surface area (Å²) in [5.74, 6) is 0. The molecule has 0 fully saturated rings. The number of nitrogens with zero attached hydrogens (tertiary/aromatic N) is 1. The van der Waals surface area contributed by atoms with E-state index in [9.17, 15) is 19.5 Å². The van der Waals surface area contributed by atoms with Crippen molar-refractivity contribution in [1.29, 1.82) is 0 Å². The van der Waals surface area contributed by atoms with Crippen LogP contribution in [0.2, 0.25) is 0 Å². The fourth-order valence-electron chi connectivity index (χ4n) is 4.14. The highest BCUT2D eigenvalue weighted by Gasteiger charge is 2.48. The van der Waals surface area contributed by atoms with E-state index in [1.807, 2.05) is 21.1 Å². The Balaban J connectivity index is 3.65. The second-order valence-corrected chi connectivity index (χ2v) is 12.6.